The molecule has 0 spiro atoms. The third kappa shape index (κ3) is 4.87. The fourth-order valence-corrected chi connectivity index (χ4v) is 1.98. The molecule has 16 heavy (non-hydrogen) atoms. The van der Waals surface area contributed by atoms with Crippen LogP contribution in [0.4, 0.5) is 0 Å². The Morgan fingerprint density at radius 1 is 1.12 bits per heavy atom. The minimum Gasteiger partial charge on any atom is -0.295 e. The Labute approximate surface area is 97.4 Å². The van der Waals surface area contributed by atoms with E-state index in [4.69, 9.17) is 0 Å². The quantitative estimate of drug-likeness (QED) is 0.666. The van der Waals surface area contributed by atoms with Crippen LogP contribution in [0.5, 0.6) is 0 Å². The van der Waals surface area contributed by atoms with Gasteiger partial charge in [-0.3, -0.25) is 9.78 Å². The van der Waals surface area contributed by atoms with Crippen molar-refractivity contribution in [2.24, 2.45) is 5.41 Å². The number of hydrogen-bond donors (Lipinski definition) is 0. The molecule has 0 aliphatic heterocycles. The van der Waals surface area contributed by atoms with E-state index in [9.17, 15) is 4.79 Å². The summed E-state index contributed by atoms with van der Waals surface area (Å²) >= 11 is 0. The zero-order valence-corrected chi connectivity index (χ0v) is 10.2. The van der Waals surface area contributed by atoms with Crippen molar-refractivity contribution in [3.05, 3.63) is 42.2 Å². The number of allylic oxidation sites excluding steroid dienone is 2. The van der Waals surface area contributed by atoms with Gasteiger partial charge in [0.25, 0.3) is 0 Å². The molecule has 0 saturated heterocycles. The largest absolute Gasteiger partial charge is 0.295 e. The van der Waals surface area contributed by atoms with Gasteiger partial charge in [0.05, 0.1) is 0 Å². The molecule has 2 nitrogen and oxygen atoms in total. The van der Waals surface area contributed by atoms with Crippen LogP contribution >= 0.6 is 0 Å². The summed E-state index contributed by atoms with van der Waals surface area (Å²) in [5.74, 6) is 0.286. The fourth-order valence-electron chi connectivity index (χ4n) is 1.98. The topological polar surface area (TPSA) is 30.0 Å². The molecule has 0 radical (unpaired) electrons. The Bertz CT molecular complexity index is 339. The predicted molar refractivity (Wildman–Crippen MR) is 66.0 cm³/mol. The SMILES string of the molecule is CC1=CC(=O)CC(C)(C)C1.c1ccncc1. The van der Waals surface area contributed by atoms with Gasteiger partial charge in [-0.1, -0.05) is 25.5 Å². The normalized spacial score (nSPS) is 18.2. The molecule has 1 aromatic rings. The van der Waals surface area contributed by atoms with Crippen LogP contribution in [0.15, 0.2) is 42.2 Å². The maximum atomic E-state index is 11.0. The van der Waals surface area contributed by atoms with Gasteiger partial charge in [-0.15, -0.1) is 0 Å². The molecule has 1 aromatic heterocycles. The number of rotatable bonds is 0. The van der Waals surface area contributed by atoms with Gasteiger partial charge in [0.15, 0.2) is 5.78 Å². The van der Waals surface area contributed by atoms with Crippen LogP contribution in [0.2, 0.25) is 0 Å². The summed E-state index contributed by atoms with van der Waals surface area (Å²) in [6, 6.07) is 5.72. The van der Waals surface area contributed by atoms with Crippen LogP contribution in [-0.4, -0.2) is 10.8 Å². The number of aromatic nitrogens is 1. The Balaban J connectivity index is 0.000000181. The highest BCUT2D eigenvalue weighted by atomic mass is 16.1. The van der Waals surface area contributed by atoms with Crippen LogP contribution < -0.4 is 0 Å². The Morgan fingerprint density at radius 3 is 2.06 bits per heavy atom. The van der Waals surface area contributed by atoms with Crippen LogP contribution in [0.25, 0.3) is 0 Å². The second-order valence-corrected chi connectivity index (χ2v) is 5.00. The van der Waals surface area contributed by atoms with Crippen molar-refractivity contribution < 1.29 is 4.79 Å². The van der Waals surface area contributed by atoms with Crippen molar-refractivity contribution >= 4 is 5.78 Å². The van der Waals surface area contributed by atoms with E-state index in [0.29, 0.717) is 6.42 Å². The molecule has 0 N–H and O–H groups in total. The van der Waals surface area contributed by atoms with E-state index in [1.807, 2.05) is 25.1 Å². The average Bonchev–Trinajstić information content (AvgIpc) is 2.17. The summed E-state index contributed by atoms with van der Waals surface area (Å²) in [5.41, 5.74) is 1.43. The predicted octanol–water partition coefficient (Wildman–Crippen LogP) is 3.40. The first kappa shape index (κ1) is 12.6. The zero-order chi connectivity index (χ0) is 12.0. The summed E-state index contributed by atoms with van der Waals surface area (Å²) in [6.45, 7) is 6.31. The molecule has 0 bridgehead atoms. The van der Waals surface area contributed by atoms with Crippen LogP contribution in [0, 0.1) is 5.41 Å². The standard InChI is InChI=1S/C9H14O.C5H5N/c1-7-4-8(10)6-9(2,3)5-7;1-2-4-6-5-3-1/h4H,5-6H2,1-3H3;1-5H. The van der Waals surface area contributed by atoms with Crippen molar-refractivity contribution in [2.75, 3.05) is 0 Å². The minimum atomic E-state index is 0.204. The van der Waals surface area contributed by atoms with Crippen LogP contribution in [-0.2, 0) is 4.79 Å². The number of nitrogens with zero attached hydrogens (tertiary/aromatic N) is 1. The number of carbonyl (C=O) groups excluding carboxylic acids is 1. The zero-order valence-electron chi connectivity index (χ0n) is 10.2. The van der Waals surface area contributed by atoms with Crippen LogP contribution in [0.3, 0.4) is 0 Å². The molecule has 1 aliphatic rings. The highest BCUT2D eigenvalue weighted by Gasteiger charge is 2.25. The second-order valence-electron chi connectivity index (χ2n) is 5.00. The smallest absolute Gasteiger partial charge is 0.156 e. The molecule has 1 heterocycles. The first-order chi connectivity index (χ1) is 7.49. The summed E-state index contributed by atoms with van der Waals surface area (Å²) in [7, 11) is 0. The summed E-state index contributed by atoms with van der Waals surface area (Å²) in [5, 5.41) is 0. The lowest BCUT2D eigenvalue weighted by atomic mass is 9.77. The molecule has 0 saturated carbocycles. The van der Waals surface area contributed by atoms with Gasteiger partial charge in [-0.2, -0.15) is 0 Å². The molecular weight excluding hydrogens is 198 g/mol. The van der Waals surface area contributed by atoms with Gasteiger partial charge < -0.3 is 0 Å². The van der Waals surface area contributed by atoms with E-state index in [1.54, 1.807) is 18.5 Å². The third-order valence-corrected chi connectivity index (χ3v) is 2.38. The number of hydrogen-bond acceptors (Lipinski definition) is 2. The first-order valence-corrected chi connectivity index (χ1v) is 5.55. The van der Waals surface area contributed by atoms with E-state index in [1.165, 1.54) is 5.57 Å². The molecule has 0 aromatic carbocycles. The lowest BCUT2D eigenvalue weighted by Crippen LogP contribution is -2.20. The van der Waals surface area contributed by atoms with Gasteiger partial charge in [0.1, 0.15) is 0 Å². The molecule has 86 valence electrons. The molecule has 0 atom stereocenters. The summed E-state index contributed by atoms with van der Waals surface area (Å²) in [4.78, 5) is 14.8. The second kappa shape index (κ2) is 5.59. The number of ketones is 1. The number of pyridine rings is 1. The number of carbonyl (C=O) groups is 1. The maximum absolute atomic E-state index is 11.0. The first-order valence-electron chi connectivity index (χ1n) is 5.55. The molecule has 2 heteroatoms. The summed E-state index contributed by atoms with van der Waals surface area (Å²) in [6.07, 6.45) is 7.05. The van der Waals surface area contributed by atoms with Crippen molar-refractivity contribution in [1.29, 1.82) is 0 Å². The van der Waals surface area contributed by atoms with Gasteiger partial charge in [-0.05, 0) is 37.0 Å². The highest BCUT2D eigenvalue weighted by molar-refractivity contribution is 5.91. The van der Waals surface area contributed by atoms with Crippen molar-refractivity contribution in [3.63, 3.8) is 0 Å². The van der Waals surface area contributed by atoms with E-state index in [-0.39, 0.29) is 11.2 Å². The lowest BCUT2D eigenvalue weighted by molar-refractivity contribution is -0.117. The van der Waals surface area contributed by atoms with E-state index >= 15 is 0 Å². The molecular formula is C14H19NO. The Hall–Kier alpha value is -1.44. The maximum Gasteiger partial charge on any atom is 0.156 e. The van der Waals surface area contributed by atoms with Crippen molar-refractivity contribution in [2.45, 2.75) is 33.6 Å². The highest BCUT2D eigenvalue weighted by Crippen LogP contribution is 2.32. The monoisotopic (exact) mass is 217 g/mol. The van der Waals surface area contributed by atoms with Crippen molar-refractivity contribution in [1.82, 2.24) is 4.98 Å². The Kier molecular flexibility index (Phi) is 4.41. The Morgan fingerprint density at radius 2 is 1.75 bits per heavy atom. The van der Waals surface area contributed by atoms with Crippen LogP contribution in [0.1, 0.15) is 33.6 Å². The van der Waals surface area contributed by atoms with Gasteiger partial charge in [0.2, 0.25) is 0 Å². The van der Waals surface area contributed by atoms with Gasteiger partial charge in [-0.25, -0.2) is 0 Å². The molecule has 1 aliphatic carbocycles. The van der Waals surface area contributed by atoms with E-state index in [2.05, 4.69) is 18.8 Å². The van der Waals surface area contributed by atoms with E-state index < -0.39 is 0 Å². The fraction of sp³-hybridized carbons (Fsp3) is 0.429. The molecule has 0 fully saturated rings. The minimum absolute atomic E-state index is 0.204. The lowest BCUT2D eigenvalue weighted by Gasteiger charge is -2.27. The third-order valence-electron chi connectivity index (χ3n) is 2.38. The molecule has 2 rings (SSSR count). The summed E-state index contributed by atoms with van der Waals surface area (Å²) < 4.78 is 0. The average molecular weight is 217 g/mol. The molecule has 0 unspecified atom stereocenters. The van der Waals surface area contributed by atoms with Gasteiger partial charge >= 0.3 is 0 Å². The van der Waals surface area contributed by atoms with E-state index in [0.717, 1.165) is 6.42 Å². The van der Waals surface area contributed by atoms with Crippen molar-refractivity contribution in [3.8, 4) is 0 Å². The van der Waals surface area contributed by atoms with Gasteiger partial charge in [0, 0.05) is 18.8 Å². The molecule has 0 amide bonds.